The summed E-state index contributed by atoms with van der Waals surface area (Å²) in [5, 5.41) is 15.3. The van der Waals surface area contributed by atoms with Crippen molar-refractivity contribution in [2.45, 2.75) is 45.6 Å². The van der Waals surface area contributed by atoms with Crippen molar-refractivity contribution in [3.8, 4) is 5.88 Å². The third-order valence-electron chi connectivity index (χ3n) is 4.94. The van der Waals surface area contributed by atoms with E-state index in [1.807, 2.05) is 14.0 Å². The largest absolute Gasteiger partial charge is 0.481 e. The van der Waals surface area contributed by atoms with E-state index in [2.05, 4.69) is 12.0 Å². The Labute approximate surface area is 121 Å². The van der Waals surface area contributed by atoms with Crippen LogP contribution in [0, 0.1) is 18.3 Å². The minimum absolute atomic E-state index is 0.242. The van der Waals surface area contributed by atoms with Gasteiger partial charge in [-0.2, -0.15) is 5.10 Å². The monoisotopic (exact) mass is 281 g/mol. The summed E-state index contributed by atoms with van der Waals surface area (Å²) in [6, 6.07) is 0. The highest BCUT2D eigenvalue weighted by atomic mass is 16.5. The first-order valence-corrected chi connectivity index (χ1v) is 7.41. The van der Waals surface area contributed by atoms with Gasteiger partial charge in [0, 0.05) is 19.0 Å². The summed E-state index contributed by atoms with van der Waals surface area (Å²) >= 11 is 0. The molecule has 1 fully saturated rings. The van der Waals surface area contributed by atoms with Crippen molar-refractivity contribution in [3.63, 3.8) is 0 Å². The van der Waals surface area contributed by atoms with Crippen molar-refractivity contribution >= 4 is 0 Å². The number of hydrogen-bond acceptors (Lipinski definition) is 4. The predicted octanol–water partition coefficient (Wildman–Crippen LogP) is 1.93. The lowest BCUT2D eigenvalue weighted by atomic mass is 9.66. The van der Waals surface area contributed by atoms with E-state index >= 15 is 0 Å². The first kappa shape index (κ1) is 15.3. The van der Waals surface area contributed by atoms with Crippen LogP contribution in [0.15, 0.2) is 0 Å². The van der Waals surface area contributed by atoms with Gasteiger partial charge in [0.1, 0.15) is 0 Å². The molecule has 1 aliphatic rings. The molecule has 1 aromatic rings. The molecule has 0 radical (unpaired) electrons. The van der Waals surface area contributed by atoms with Gasteiger partial charge in [0.2, 0.25) is 5.88 Å². The normalized spacial score (nSPS) is 28.4. The fourth-order valence-corrected chi connectivity index (χ4v) is 3.44. The summed E-state index contributed by atoms with van der Waals surface area (Å²) in [6.45, 7) is 4.68. The van der Waals surface area contributed by atoms with Crippen LogP contribution < -0.4 is 10.5 Å². The lowest BCUT2D eigenvalue weighted by Gasteiger charge is -2.42. The van der Waals surface area contributed by atoms with Crippen molar-refractivity contribution < 1.29 is 9.84 Å². The molecule has 3 N–H and O–H groups in total. The van der Waals surface area contributed by atoms with Crippen LogP contribution in [0.25, 0.3) is 0 Å². The third kappa shape index (κ3) is 2.44. The van der Waals surface area contributed by atoms with Crippen molar-refractivity contribution in [2.24, 2.45) is 24.1 Å². The molecule has 0 aliphatic heterocycles. The van der Waals surface area contributed by atoms with Gasteiger partial charge in [0.25, 0.3) is 0 Å². The summed E-state index contributed by atoms with van der Waals surface area (Å²) in [5.41, 5.74) is 7.42. The molecule has 5 nitrogen and oxygen atoms in total. The number of nitrogens with two attached hydrogens (primary N) is 1. The molecule has 1 unspecified atom stereocenters. The zero-order valence-corrected chi connectivity index (χ0v) is 13.0. The summed E-state index contributed by atoms with van der Waals surface area (Å²) in [5.74, 6) is 1.36. The van der Waals surface area contributed by atoms with Crippen molar-refractivity contribution in [1.82, 2.24) is 9.78 Å². The number of rotatable bonds is 4. The topological polar surface area (TPSA) is 73.3 Å². The molecule has 0 bridgehead atoms. The fraction of sp³-hybridized carbons (Fsp3) is 0.800. The molecule has 1 aromatic heterocycles. The number of aliphatic hydroxyl groups excluding tert-OH is 1. The molecule has 1 atom stereocenters. The number of ether oxygens (including phenoxy) is 1. The average molecular weight is 281 g/mol. The Bertz CT molecular complexity index is 462. The average Bonchev–Trinajstić information content (AvgIpc) is 2.73. The Hall–Kier alpha value is -1.07. The standard InChI is InChI=1S/C15H27N3O2/c1-10-5-7-15(9-16,8-6-10)13(19)12-11(2)17-18(3)14(12)20-4/h10,13,19H,5-9,16H2,1-4H3. The maximum Gasteiger partial charge on any atom is 0.217 e. The quantitative estimate of drug-likeness (QED) is 0.884. The van der Waals surface area contributed by atoms with E-state index in [9.17, 15) is 5.11 Å². The second kappa shape index (κ2) is 5.74. The Balaban J connectivity index is 2.36. The number of aliphatic hydroxyl groups is 1. The Kier molecular flexibility index (Phi) is 4.39. The number of methoxy groups -OCH3 is 1. The number of nitrogens with zero attached hydrogens (tertiary/aromatic N) is 2. The molecule has 1 heterocycles. The van der Waals surface area contributed by atoms with E-state index in [-0.39, 0.29) is 5.41 Å². The van der Waals surface area contributed by atoms with Gasteiger partial charge in [-0.3, -0.25) is 0 Å². The van der Waals surface area contributed by atoms with Gasteiger partial charge in [-0.05, 0) is 25.7 Å². The van der Waals surface area contributed by atoms with Gasteiger partial charge < -0.3 is 15.6 Å². The Morgan fingerprint density at radius 2 is 2.10 bits per heavy atom. The highest BCUT2D eigenvalue weighted by molar-refractivity contribution is 5.34. The molecule has 0 saturated heterocycles. The van der Waals surface area contributed by atoms with Gasteiger partial charge in [-0.1, -0.05) is 19.8 Å². The van der Waals surface area contributed by atoms with Crippen molar-refractivity contribution in [3.05, 3.63) is 11.3 Å². The van der Waals surface area contributed by atoms with Crippen LogP contribution in [0.5, 0.6) is 5.88 Å². The van der Waals surface area contributed by atoms with E-state index in [0.29, 0.717) is 12.4 Å². The molecule has 2 rings (SSSR count). The second-order valence-corrected chi connectivity index (χ2v) is 6.28. The van der Waals surface area contributed by atoms with E-state index < -0.39 is 6.10 Å². The maximum absolute atomic E-state index is 11.0. The number of aromatic nitrogens is 2. The molecular weight excluding hydrogens is 254 g/mol. The number of hydrogen-bond donors (Lipinski definition) is 2. The fourth-order valence-electron chi connectivity index (χ4n) is 3.44. The van der Waals surface area contributed by atoms with Crippen LogP contribution in [-0.4, -0.2) is 28.5 Å². The van der Waals surface area contributed by atoms with E-state index in [0.717, 1.165) is 42.9 Å². The van der Waals surface area contributed by atoms with E-state index in [1.54, 1.807) is 11.8 Å². The van der Waals surface area contributed by atoms with Crippen LogP contribution in [0.4, 0.5) is 0 Å². The summed E-state index contributed by atoms with van der Waals surface area (Å²) in [4.78, 5) is 0. The van der Waals surface area contributed by atoms with Gasteiger partial charge >= 0.3 is 0 Å². The summed E-state index contributed by atoms with van der Waals surface area (Å²) in [7, 11) is 3.45. The predicted molar refractivity (Wildman–Crippen MR) is 78.6 cm³/mol. The highest BCUT2D eigenvalue weighted by Gasteiger charge is 2.42. The summed E-state index contributed by atoms with van der Waals surface area (Å²) < 4.78 is 7.10. The third-order valence-corrected chi connectivity index (χ3v) is 4.94. The summed E-state index contributed by atoms with van der Waals surface area (Å²) in [6.07, 6.45) is 3.56. The minimum atomic E-state index is -0.608. The molecule has 5 heteroatoms. The molecule has 0 spiro atoms. The SMILES string of the molecule is COc1c(C(O)C2(CN)CCC(C)CC2)c(C)nn1C. The van der Waals surface area contributed by atoms with Crippen LogP contribution >= 0.6 is 0 Å². The van der Waals surface area contributed by atoms with Crippen LogP contribution in [0.2, 0.25) is 0 Å². The zero-order chi connectivity index (χ0) is 14.9. The lowest BCUT2D eigenvalue weighted by molar-refractivity contribution is -0.00994. The molecule has 0 aromatic carbocycles. The first-order chi connectivity index (χ1) is 9.45. The molecule has 20 heavy (non-hydrogen) atoms. The first-order valence-electron chi connectivity index (χ1n) is 7.41. The second-order valence-electron chi connectivity index (χ2n) is 6.28. The molecule has 114 valence electrons. The highest BCUT2D eigenvalue weighted by Crippen LogP contribution is 2.49. The lowest BCUT2D eigenvalue weighted by Crippen LogP contribution is -2.40. The van der Waals surface area contributed by atoms with Gasteiger partial charge in [0.05, 0.1) is 24.5 Å². The van der Waals surface area contributed by atoms with E-state index in [1.165, 1.54) is 0 Å². The van der Waals surface area contributed by atoms with Crippen LogP contribution in [0.3, 0.4) is 0 Å². The Morgan fingerprint density at radius 3 is 2.60 bits per heavy atom. The van der Waals surface area contributed by atoms with Gasteiger partial charge in [0.15, 0.2) is 0 Å². The molecule has 0 amide bonds. The van der Waals surface area contributed by atoms with Crippen molar-refractivity contribution in [1.29, 1.82) is 0 Å². The van der Waals surface area contributed by atoms with Crippen LogP contribution in [-0.2, 0) is 7.05 Å². The van der Waals surface area contributed by atoms with Gasteiger partial charge in [-0.15, -0.1) is 0 Å². The van der Waals surface area contributed by atoms with Gasteiger partial charge in [-0.25, -0.2) is 4.68 Å². The van der Waals surface area contributed by atoms with Crippen LogP contribution in [0.1, 0.15) is 50.0 Å². The zero-order valence-electron chi connectivity index (χ0n) is 13.0. The molecule has 1 aliphatic carbocycles. The Morgan fingerprint density at radius 1 is 1.50 bits per heavy atom. The minimum Gasteiger partial charge on any atom is -0.481 e. The van der Waals surface area contributed by atoms with E-state index in [4.69, 9.17) is 10.5 Å². The molecular formula is C15H27N3O2. The maximum atomic E-state index is 11.0. The molecule has 1 saturated carbocycles. The van der Waals surface area contributed by atoms with Crippen molar-refractivity contribution in [2.75, 3.05) is 13.7 Å². The number of aryl methyl sites for hydroxylation is 2. The smallest absolute Gasteiger partial charge is 0.217 e.